The third-order valence-electron chi connectivity index (χ3n) is 9.00. The highest BCUT2D eigenvalue weighted by molar-refractivity contribution is 6.76. The van der Waals surface area contributed by atoms with Crippen LogP contribution in [0.15, 0.2) is 30.3 Å². The Hall–Kier alpha value is -2.09. The number of hydrogen-bond acceptors (Lipinski definition) is 9. The van der Waals surface area contributed by atoms with Gasteiger partial charge in [-0.15, -0.1) is 0 Å². The maximum Gasteiger partial charge on any atom is 0.301 e. The SMILES string of the molecule is C[Si](C)(C)CCOCn1c(OC2CCC2)nc2nc(-c3ccc(C4CCN(CCOCCOCCOCCN)CC4)cc3)c(Cl)cc21. The molecule has 0 atom stereocenters. The molecule has 0 unspecified atom stereocenters. The van der Waals surface area contributed by atoms with Crippen LogP contribution >= 0.6 is 11.6 Å². The Kier molecular flexibility index (Phi) is 13.9. The van der Waals surface area contributed by atoms with Gasteiger partial charge < -0.3 is 34.3 Å². The predicted octanol–water partition coefficient (Wildman–Crippen LogP) is 6.18. The van der Waals surface area contributed by atoms with Crippen molar-refractivity contribution in [3.8, 4) is 17.3 Å². The summed E-state index contributed by atoms with van der Waals surface area (Å²) in [6.07, 6.45) is 5.79. The molecule has 0 amide bonds. The molecule has 1 saturated heterocycles. The Bertz CT molecular complexity index is 1370. The van der Waals surface area contributed by atoms with Gasteiger partial charge in [-0.1, -0.05) is 55.5 Å². The summed E-state index contributed by atoms with van der Waals surface area (Å²) in [6.45, 7) is 15.5. The van der Waals surface area contributed by atoms with Crippen molar-refractivity contribution in [2.24, 2.45) is 5.73 Å². The highest BCUT2D eigenvalue weighted by Gasteiger charge is 2.25. The molecule has 3 aromatic rings. The molecule has 2 fully saturated rings. The lowest BCUT2D eigenvalue weighted by Gasteiger charge is -2.32. The van der Waals surface area contributed by atoms with Gasteiger partial charge in [-0.05, 0) is 68.8 Å². The quantitative estimate of drug-likeness (QED) is 0.110. The van der Waals surface area contributed by atoms with Gasteiger partial charge in [0.1, 0.15) is 12.8 Å². The van der Waals surface area contributed by atoms with Gasteiger partial charge in [-0.3, -0.25) is 4.57 Å². The van der Waals surface area contributed by atoms with Crippen LogP contribution in [0, 0.1) is 0 Å². The van der Waals surface area contributed by atoms with E-state index in [1.54, 1.807) is 0 Å². The van der Waals surface area contributed by atoms with Crippen molar-refractivity contribution < 1.29 is 23.7 Å². The summed E-state index contributed by atoms with van der Waals surface area (Å²) in [4.78, 5) is 12.2. The fourth-order valence-electron chi connectivity index (χ4n) is 5.82. The van der Waals surface area contributed by atoms with Crippen molar-refractivity contribution >= 4 is 30.8 Å². The number of aromatic nitrogens is 3. The zero-order chi connectivity index (χ0) is 33.1. The van der Waals surface area contributed by atoms with Gasteiger partial charge in [0.05, 0.1) is 55.9 Å². The molecular weight excluding hydrogens is 634 g/mol. The molecule has 5 rings (SSSR count). The molecule has 260 valence electrons. The maximum atomic E-state index is 6.88. The molecule has 0 spiro atoms. The fraction of sp³-hybridized carbons (Fsp3) is 0.657. The molecule has 2 aromatic heterocycles. The van der Waals surface area contributed by atoms with Crippen molar-refractivity contribution in [2.75, 3.05) is 72.4 Å². The third kappa shape index (κ3) is 11.0. The lowest BCUT2D eigenvalue weighted by Crippen LogP contribution is -2.35. The minimum atomic E-state index is -1.19. The third-order valence-corrected chi connectivity index (χ3v) is 11.0. The van der Waals surface area contributed by atoms with Gasteiger partial charge >= 0.3 is 6.01 Å². The number of ether oxygens (including phenoxy) is 5. The van der Waals surface area contributed by atoms with Crippen LogP contribution in [0.1, 0.15) is 43.6 Å². The average Bonchev–Trinajstić information content (AvgIpc) is 3.37. The van der Waals surface area contributed by atoms with Crippen molar-refractivity contribution in [1.82, 2.24) is 19.4 Å². The maximum absolute atomic E-state index is 6.88. The van der Waals surface area contributed by atoms with Crippen molar-refractivity contribution in [3.63, 3.8) is 0 Å². The largest absolute Gasteiger partial charge is 0.461 e. The van der Waals surface area contributed by atoms with Crippen LogP contribution in [-0.2, 0) is 25.7 Å². The van der Waals surface area contributed by atoms with E-state index in [-0.39, 0.29) is 6.10 Å². The first-order valence-corrected chi connectivity index (χ1v) is 21.5. The lowest BCUT2D eigenvalue weighted by molar-refractivity contribution is 0.0107. The lowest BCUT2D eigenvalue weighted by atomic mass is 9.89. The predicted molar refractivity (Wildman–Crippen MR) is 190 cm³/mol. The minimum absolute atomic E-state index is 0.207. The molecule has 2 aliphatic rings. The first-order chi connectivity index (χ1) is 22.8. The van der Waals surface area contributed by atoms with Gasteiger partial charge in [-0.2, -0.15) is 4.98 Å². The first kappa shape index (κ1) is 36.2. The van der Waals surface area contributed by atoms with Crippen LogP contribution in [0.2, 0.25) is 30.7 Å². The zero-order valence-electron chi connectivity index (χ0n) is 28.6. The van der Waals surface area contributed by atoms with Crippen LogP contribution in [0.5, 0.6) is 6.01 Å². The number of pyridine rings is 1. The number of nitrogens with two attached hydrogens (primary N) is 1. The molecule has 10 nitrogen and oxygen atoms in total. The summed E-state index contributed by atoms with van der Waals surface area (Å²) in [6, 6.07) is 12.4. The van der Waals surface area contributed by atoms with E-state index in [4.69, 9.17) is 51.0 Å². The highest BCUT2D eigenvalue weighted by Crippen LogP contribution is 2.35. The van der Waals surface area contributed by atoms with E-state index in [1.807, 2.05) is 10.6 Å². The summed E-state index contributed by atoms with van der Waals surface area (Å²) >= 11 is 6.88. The molecule has 2 N–H and O–H groups in total. The molecule has 1 aliphatic carbocycles. The number of nitrogens with zero attached hydrogens (tertiary/aromatic N) is 4. The smallest absolute Gasteiger partial charge is 0.301 e. The minimum Gasteiger partial charge on any atom is -0.461 e. The number of fused-ring (bicyclic) bond motifs is 1. The van der Waals surface area contributed by atoms with E-state index in [0.29, 0.717) is 68.9 Å². The van der Waals surface area contributed by atoms with Gasteiger partial charge in [0.2, 0.25) is 0 Å². The molecule has 1 aliphatic heterocycles. The van der Waals surface area contributed by atoms with Gasteiger partial charge in [0.25, 0.3) is 0 Å². The summed E-state index contributed by atoms with van der Waals surface area (Å²) in [5, 5.41) is 0.599. The second-order valence-corrected chi connectivity index (χ2v) is 19.9. The Morgan fingerprint density at radius 1 is 0.851 bits per heavy atom. The van der Waals surface area contributed by atoms with Crippen LogP contribution < -0.4 is 10.5 Å². The normalized spacial score (nSPS) is 16.6. The average molecular weight is 688 g/mol. The van der Waals surface area contributed by atoms with Crippen molar-refractivity contribution in [2.45, 2.75) is 76.5 Å². The number of piperidine rings is 1. The second-order valence-electron chi connectivity index (χ2n) is 13.9. The van der Waals surface area contributed by atoms with Gasteiger partial charge in [0.15, 0.2) is 5.65 Å². The van der Waals surface area contributed by atoms with Crippen molar-refractivity contribution in [3.05, 3.63) is 40.9 Å². The molecule has 1 aromatic carbocycles. The van der Waals surface area contributed by atoms with Gasteiger partial charge in [0, 0.05) is 33.3 Å². The number of halogens is 1. The van der Waals surface area contributed by atoms with Crippen LogP contribution in [0.4, 0.5) is 0 Å². The molecule has 0 bridgehead atoms. The van der Waals surface area contributed by atoms with Gasteiger partial charge in [-0.25, -0.2) is 4.98 Å². The second kappa shape index (κ2) is 18.1. The van der Waals surface area contributed by atoms with Crippen molar-refractivity contribution in [1.29, 1.82) is 0 Å². The first-order valence-electron chi connectivity index (χ1n) is 17.4. The van der Waals surface area contributed by atoms with E-state index in [1.165, 1.54) is 12.0 Å². The Morgan fingerprint density at radius 2 is 1.53 bits per heavy atom. The zero-order valence-corrected chi connectivity index (χ0v) is 30.3. The molecule has 47 heavy (non-hydrogen) atoms. The van der Waals surface area contributed by atoms with Crippen LogP contribution in [-0.4, -0.2) is 106 Å². The fourth-order valence-corrected chi connectivity index (χ4v) is 6.83. The highest BCUT2D eigenvalue weighted by atomic mass is 35.5. The summed E-state index contributed by atoms with van der Waals surface area (Å²) in [7, 11) is -1.19. The summed E-state index contributed by atoms with van der Waals surface area (Å²) < 4.78 is 30.9. The van der Waals surface area contributed by atoms with Crippen LogP contribution in [0.25, 0.3) is 22.4 Å². The van der Waals surface area contributed by atoms with E-state index in [9.17, 15) is 0 Å². The van der Waals surface area contributed by atoms with E-state index in [2.05, 4.69) is 48.8 Å². The molecular formula is C35H54ClN5O5Si. The van der Waals surface area contributed by atoms with E-state index in [0.717, 1.165) is 81.3 Å². The number of likely N-dealkylation sites (tertiary alicyclic amines) is 1. The number of benzene rings is 1. The number of rotatable bonds is 20. The van der Waals surface area contributed by atoms with Crippen LogP contribution in [0.3, 0.4) is 0 Å². The molecule has 3 heterocycles. The van der Waals surface area contributed by atoms with E-state index >= 15 is 0 Å². The Balaban J connectivity index is 1.12. The molecule has 1 saturated carbocycles. The summed E-state index contributed by atoms with van der Waals surface area (Å²) in [5.41, 5.74) is 9.97. The van der Waals surface area contributed by atoms with E-state index < -0.39 is 8.07 Å². The monoisotopic (exact) mass is 687 g/mol. The Labute approximate surface area is 286 Å². The molecule has 12 heteroatoms. The molecule has 0 radical (unpaired) electrons. The number of hydrogen-bond donors (Lipinski definition) is 1. The number of imidazole rings is 1. The standard InChI is InChI=1S/C35H54ClN5O5Si/c1-47(2,3)24-23-45-26-41-32-25-31(36)33(38-34(32)39-35(41)46-30-5-4-6-30)29-9-7-27(8-10-29)28-11-14-40(15-12-28)16-18-43-20-22-44-21-19-42-17-13-37/h7-10,25,28,30H,4-6,11-24,26,37H2,1-3H3. The summed E-state index contributed by atoms with van der Waals surface area (Å²) in [5.74, 6) is 0.546. The topological polar surface area (TPSA) is 106 Å². The Morgan fingerprint density at radius 3 is 2.17 bits per heavy atom.